The normalized spacial score (nSPS) is 39.9. The van der Waals surface area contributed by atoms with E-state index in [1.165, 1.54) is 14.2 Å². The Kier molecular flexibility index (Phi) is 3.91. The molecule has 0 aromatic heterocycles. The average Bonchev–Trinajstić information content (AvgIpc) is 2.74. The highest BCUT2D eigenvalue weighted by Gasteiger charge is 2.65. The minimum absolute atomic E-state index is 0.00847. The van der Waals surface area contributed by atoms with E-state index in [4.69, 9.17) is 14.2 Å². The first-order valence-electron chi connectivity index (χ1n) is 8.04. The molecule has 5 atom stereocenters. The zero-order valence-electron chi connectivity index (χ0n) is 13.5. The van der Waals surface area contributed by atoms with Gasteiger partial charge in [-0.05, 0) is 43.1 Å². The second-order valence-corrected chi connectivity index (χ2v) is 6.80. The van der Waals surface area contributed by atoms with Crippen LogP contribution >= 0.6 is 0 Å². The van der Waals surface area contributed by atoms with Crippen LogP contribution in [0.5, 0.6) is 0 Å². The Bertz CT molecular complexity index is 511. The third-order valence-corrected chi connectivity index (χ3v) is 6.00. The van der Waals surface area contributed by atoms with Gasteiger partial charge in [-0.1, -0.05) is 6.92 Å². The summed E-state index contributed by atoms with van der Waals surface area (Å²) >= 11 is 0. The number of ether oxygens (including phenoxy) is 3. The lowest BCUT2D eigenvalue weighted by atomic mass is 9.61. The largest absolute Gasteiger partial charge is 0.501 e. The van der Waals surface area contributed by atoms with Gasteiger partial charge in [-0.25, -0.2) is 0 Å². The van der Waals surface area contributed by atoms with Crippen LogP contribution in [0.15, 0.2) is 11.8 Å². The van der Waals surface area contributed by atoms with Crippen molar-refractivity contribution in [2.45, 2.75) is 32.6 Å². The monoisotopic (exact) mass is 308 g/mol. The topological polar surface area (TPSA) is 61.8 Å². The first-order chi connectivity index (χ1) is 10.6. The lowest BCUT2D eigenvalue weighted by Gasteiger charge is -2.40. The predicted octanol–water partition coefficient (Wildman–Crippen LogP) is 2.31. The van der Waals surface area contributed by atoms with Gasteiger partial charge in [0.1, 0.15) is 5.41 Å². The Labute approximate surface area is 131 Å². The molecule has 0 radical (unpaired) electrons. The van der Waals surface area contributed by atoms with Crippen molar-refractivity contribution in [3.05, 3.63) is 11.8 Å². The summed E-state index contributed by atoms with van der Waals surface area (Å²) in [6.45, 7) is 2.64. The number of hydrogen-bond donors (Lipinski definition) is 0. The maximum Gasteiger partial charge on any atom is 0.317 e. The summed E-state index contributed by atoms with van der Waals surface area (Å²) < 4.78 is 16.0. The minimum Gasteiger partial charge on any atom is -0.501 e. The second kappa shape index (κ2) is 5.60. The van der Waals surface area contributed by atoms with Crippen molar-refractivity contribution in [1.82, 2.24) is 0 Å². The number of fused-ring (bicyclic) bond motifs is 1. The molecule has 3 rings (SSSR count). The highest BCUT2D eigenvalue weighted by atomic mass is 16.5. The van der Waals surface area contributed by atoms with E-state index in [1.807, 2.05) is 0 Å². The van der Waals surface area contributed by atoms with Gasteiger partial charge in [0, 0.05) is 5.92 Å². The molecule has 5 heteroatoms. The minimum atomic E-state index is -0.904. The van der Waals surface area contributed by atoms with Gasteiger partial charge >= 0.3 is 11.9 Å². The van der Waals surface area contributed by atoms with Crippen LogP contribution in [0.2, 0.25) is 0 Å². The Morgan fingerprint density at radius 2 is 2.00 bits per heavy atom. The maximum absolute atomic E-state index is 12.9. The molecule has 0 saturated heterocycles. The molecule has 0 amide bonds. The summed E-state index contributed by atoms with van der Waals surface area (Å²) in [6, 6.07) is 0. The molecule has 1 heterocycles. The predicted molar refractivity (Wildman–Crippen MR) is 78.6 cm³/mol. The molecule has 0 N–H and O–H groups in total. The van der Waals surface area contributed by atoms with Crippen molar-refractivity contribution in [3.63, 3.8) is 0 Å². The number of methoxy groups -OCH3 is 2. The van der Waals surface area contributed by atoms with Crippen molar-refractivity contribution < 1.29 is 23.8 Å². The van der Waals surface area contributed by atoms with Gasteiger partial charge in [-0.2, -0.15) is 0 Å². The molecule has 5 nitrogen and oxygen atoms in total. The lowest BCUT2D eigenvalue weighted by molar-refractivity contribution is -0.169. The Balaban J connectivity index is 2.23. The first kappa shape index (κ1) is 15.4. The van der Waals surface area contributed by atoms with Crippen LogP contribution in [0.4, 0.5) is 0 Å². The fraction of sp³-hybridized carbons (Fsp3) is 0.765. The van der Waals surface area contributed by atoms with Crippen molar-refractivity contribution in [3.8, 4) is 0 Å². The van der Waals surface area contributed by atoms with Gasteiger partial charge in [-0.15, -0.1) is 0 Å². The third-order valence-electron chi connectivity index (χ3n) is 6.00. The Morgan fingerprint density at radius 3 is 2.68 bits per heavy atom. The summed E-state index contributed by atoms with van der Waals surface area (Å²) in [6.07, 6.45) is 5.26. The van der Waals surface area contributed by atoms with Gasteiger partial charge in [0.05, 0.1) is 33.0 Å². The molecule has 1 aliphatic heterocycles. The number of carbonyl (C=O) groups is 2. The lowest BCUT2D eigenvalue weighted by Crippen LogP contribution is -2.50. The molecule has 0 aromatic rings. The summed E-state index contributed by atoms with van der Waals surface area (Å²) in [4.78, 5) is 25.5. The van der Waals surface area contributed by atoms with E-state index in [9.17, 15) is 9.59 Å². The molecule has 2 fully saturated rings. The fourth-order valence-electron chi connectivity index (χ4n) is 5.06. The van der Waals surface area contributed by atoms with Crippen molar-refractivity contribution in [2.75, 3.05) is 20.8 Å². The van der Waals surface area contributed by atoms with E-state index in [1.54, 1.807) is 6.26 Å². The van der Waals surface area contributed by atoms with E-state index in [-0.39, 0.29) is 23.8 Å². The van der Waals surface area contributed by atoms with E-state index >= 15 is 0 Å². The van der Waals surface area contributed by atoms with Gasteiger partial charge in [0.25, 0.3) is 0 Å². The van der Waals surface area contributed by atoms with Crippen LogP contribution < -0.4 is 0 Å². The standard InChI is InChI=1S/C17H24O5/c1-10-4-5-11-8-22-9-12-6-7-13(10)17(12,16(19)21-3)14(11)15(18)20-2/h9-11,13-14H,4-8H2,1-3H3/t10-,11+,13+,14+,17-/m0/s1. The van der Waals surface area contributed by atoms with Crippen LogP contribution in [0.3, 0.4) is 0 Å². The van der Waals surface area contributed by atoms with E-state index in [2.05, 4.69) is 6.92 Å². The zero-order valence-corrected chi connectivity index (χ0v) is 13.5. The third kappa shape index (κ3) is 1.90. The molecule has 2 bridgehead atoms. The van der Waals surface area contributed by atoms with Crippen LogP contribution in [-0.4, -0.2) is 32.8 Å². The fourth-order valence-corrected chi connectivity index (χ4v) is 5.06. The molecule has 2 saturated carbocycles. The molecule has 3 aliphatic rings. The highest BCUT2D eigenvalue weighted by Crippen LogP contribution is 2.61. The second-order valence-electron chi connectivity index (χ2n) is 6.80. The average molecular weight is 308 g/mol. The van der Waals surface area contributed by atoms with Crippen molar-refractivity contribution in [1.29, 1.82) is 0 Å². The Hall–Kier alpha value is -1.52. The quantitative estimate of drug-likeness (QED) is 0.733. The van der Waals surface area contributed by atoms with E-state index in [0.717, 1.165) is 31.3 Å². The van der Waals surface area contributed by atoms with Crippen molar-refractivity contribution >= 4 is 11.9 Å². The molecule has 22 heavy (non-hydrogen) atoms. The number of carbonyl (C=O) groups excluding carboxylic acids is 2. The summed E-state index contributed by atoms with van der Waals surface area (Å²) in [5, 5.41) is 0. The molecule has 122 valence electrons. The van der Waals surface area contributed by atoms with Gasteiger partial charge in [-0.3, -0.25) is 9.59 Å². The van der Waals surface area contributed by atoms with Crippen molar-refractivity contribution in [2.24, 2.45) is 29.1 Å². The molecule has 0 spiro atoms. The number of hydrogen-bond acceptors (Lipinski definition) is 5. The van der Waals surface area contributed by atoms with Crippen LogP contribution in [-0.2, 0) is 23.8 Å². The summed E-state index contributed by atoms with van der Waals surface area (Å²) in [5.74, 6) is -0.641. The first-order valence-corrected chi connectivity index (χ1v) is 8.04. The zero-order chi connectivity index (χ0) is 15.9. The SMILES string of the molecule is COC(=O)[C@H]1[C@@H]2CC[C@H](C)[C@H]3CCC(=COC2)[C@]31C(=O)OC. The maximum atomic E-state index is 12.9. The molecular weight excluding hydrogens is 284 g/mol. The van der Waals surface area contributed by atoms with Gasteiger partial charge in [0.2, 0.25) is 0 Å². The number of rotatable bonds is 2. The molecule has 0 aromatic carbocycles. The molecule has 2 aliphatic carbocycles. The van der Waals surface area contributed by atoms with Crippen LogP contribution in [0.25, 0.3) is 0 Å². The molecular formula is C17H24O5. The van der Waals surface area contributed by atoms with Gasteiger partial charge in [0.15, 0.2) is 0 Å². The van der Waals surface area contributed by atoms with E-state index < -0.39 is 11.3 Å². The van der Waals surface area contributed by atoms with Crippen LogP contribution in [0.1, 0.15) is 32.6 Å². The van der Waals surface area contributed by atoms with Gasteiger partial charge < -0.3 is 14.2 Å². The highest BCUT2D eigenvalue weighted by molar-refractivity contribution is 5.89. The smallest absolute Gasteiger partial charge is 0.317 e. The van der Waals surface area contributed by atoms with Crippen LogP contribution in [0, 0.1) is 29.1 Å². The Morgan fingerprint density at radius 1 is 1.23 bits per heavy atom. The summed E-state index contributed by atoms with van der Waals surface area (Å²) in [5.41, 5.74) is 0.00912. The summed E-state index contributed by atoms with van der Waals surface area (Å²) in [7, 11) is 2.80. The van der Waals surface area contributed by atoms with E-state index in [0.29, 0.717) is 12.5 Å². The number of esters is 2. The molecule has 0 unspecified atom stereocenters.